The molecule has 0 aliphatic rings. The topological polar surface area (TPSA) is 64.4 Å². The molecule has 1 N–H and O–H groups in total. The SMILES string of the molecule is CCCCC(CC)C(=O)Nc1cc(-c2ccccc2OC)no1. The number of hydrogen-bond acceptors (Lipinski definition) is 4. The molecule has 1 atom stereocenters. The Labute approximate surface area is 137 Å². The molecule has 5 nitrogen and oxygen atoms in total. The lowest BCUT2D eigenvalue weighted by molar-refractivity contribution is -0.120. The third-order valence-electron chi connectivity index (χ3n) is 3.91. The minimum atomic E-state index is -0.0105. The number of amides is 1. The van der Waals surface area contributed by atoms with Crippen molar-refractivity contribution < 1.29 is 14.1 Å². The maximum absolute atomic E-state index is 12.3. The summed E-state index contributed by atoms with van der Waals surface area (Å²) < 4.78 is 10.6. The average Bonchev–Trinajstić information content (AvgIpc) is 3.03. The first-order valence-corrected chi connectivity index (χ1v) is 8.10. The number of rotatable bonds is 8. The molecular weight excluding hydrogens is 292 g/mol. The Balaban J connectivity index is 2.08. The highest BCUT2D eigenvalue weighted by Crippen LogP contribution is 2.30. The summed E-state index contributed by atoms with van der Waals surface area (Å²) in [4.78, 5) is 12.3. The fourth-order valence-electron chi connectivity index (χ4n) is 2.51. The predicted molar refractivity (Wildman–Crippen MR) is 90.4 cm³/mol. The van der Waals surface area contributed by atoms with Crippen molar-refractivity contribution in [2.45, 2.75) is 39.5 Å². The summed E-state index contributed by atoms with van der Waals surface area (Å²) in [5, 5.41) is 6.85. The van der Waals surface area contributed by atoms with Crippen LogP contribution in [0.15, 0.2) is 34.9 Å². The maximum atomic E-state index is 12.3. The first kappa shape index (κ1) is 17.1. The molecule has 124 valence electrons. The van der Waals surface area contributed by atoms with Crippen LogP contribution in [0, 0.1) is 5.92 Å². The van der Waals surface area contributed by atoms with Crippen LogP contribution in [0.25, 0.3) is 11.3 Å². The monoisotopic (exact) mass is 316 g/mol. The lowest BCUT2D eigenvalue weighted by atomic mass is 9.98. The van der Waals surface area contributed by atoms with Gasteiger partial charge < -0.3 is 9.26 Å². The minimum Gasteiger partial charge on any atom is -0.496 e. The van der Waals surface area contributed by atoms with E-state index in [2.05, 4.69) is 17.4 Å². The van der Waals surface area contributed by atoms with Gasteiger partial charge in [0.1, 0.15) is 11.4 Å². The summed E-state index contributed by atoms with van der Waals surface area (Å²) in [6.45, 7) is 4.15. The van der Waals surface area contributed by atoms with E-state index in [-0.39, 0.29) is 11.8 Å². The van der Waals surface area contributed by atoms with E-state index in [1.807, 2.05) is 31.2 Å². The molecule has 0 spiro atoms. The highest BCUT2D eigenvalue weighted by molar-refractivity contribution is 5.91. The van der Waals surface area contributed by atoms with Crippen LogP contribution in [0.1, 0.15) is 39.5 Å². The van der Waals surface area contributed by atoms with Gasteiger partial charge in [-0.3, -0.25) is 10.1 Å². The van der Waals surface area contributed by atoms with Crippen molar-refractivity contribution >= 4 is 11.8 Å². The Morgan fingerprint density at radius 1 is 1.35 bits per heavy atom. The first-order valence-electron chi connectivity index (χ1n) is 8.10. The Hall–Kier alpha value is -2.30. The van der Waals surface area contributed by atoms with Gasteiger partial charge in [0, 0.05) is 17.5 Å². The number of methoxy groups -OCH3 is 1. The highest BCUT2D eigenvalue weighted by atomic mass is 16.5. The zero-order valence-corrected chi connectivity index (χ0v) is 14.0. The molecule has 2 aromatic rings. The summed E-state index contributed by atoms with van der Waals surface area (Å²) >= 11 is 0. The third kappa shape index (κ3) is 4.34. The molecule has 1 unspecified atom stereocenters. The number of nitrogens with zero attached hydrogens (tertiary/aromatic N) is 1. The number of carbonyl (C=O) groups is 1. The molecule has 5 heteroatoms. The van der Waals surface area contributed by atoms with Gasteiger partial charge in [-0.15, -0.1) is 0 Å². The van der Waals surface area contributed by atoms with E-state index in [0.717, 1.165) is 31.2 Å². The number of para-hydroxylation sites is 1. The van der Waals surface area contributed by atoms with Crippen molar-refractivity contribution in [1.82, 2.24) is 5.16 Å². The Morgan fingerprint density at radius 2 is 2.13 bits per heavy atom. The molecule has 23 heavy (non-hydrogen) atoms. The second-order valence-corrected chi connectivity index (χ2v) is 5.51. The maximum Gasteiger partial charge on any atom is 0.231 e. The molecule has 1 heterocycles. The van der Waals surface area contributed by atoms with Crippen molar-refractivity contribution in [3.8, 4) is 17.0 Å². The van der Waals surface area contributed by atoms with Crippen LogP contribution >= 0.6 is 0 Å². The molecule has 0 aliphatic heterocycles. The summed E-state index contributed by atoms with van der Waals surface area (Å²) in [6.07, 6.45) is 3.85. The van der Waals surface area contributed by atoms with E-state index >= 15 is 0 Å². The van der Waals surface area contributed by atoms with Crippen LogP contribution in [-0.4, -0.2) is 18.2 Å². The van der Waals surface area contributed by atoms with Gasteiger partial charge in [-0.25, -0.2) is 0 Å². The number of anilines is 1. The Kier molecular flexibility index (Phi) is 6.20. The fraction of sp³-hybridized carbons (Fsp3) is 0.444. The van der Waals surface area contributed by atoms with Crippen LogP contribution in [0.2, 0.25) is 0 Å². The van der Waals surface area contributed by atoms with Crippen molar-refractivity contribution in [1.29, 1.82) is 0 Å². The van der Waals surface area contributed by atoms with E-state index in [4.69, 9.17) is 9.26 Å². The molecule has 2 rings (SSSR count). The van der Waals surface area contributed by atoms with Gasteiger partial charge in [-0.2, -0.15) is 0 Å². The molecule has 1 aromatic heterocycles. The average molecular weight is 316 g/mol. The normalized spacial score (nSPS) is 12.0. The first-order chi connectivity index (χ1) is 11.2. The molecule has 0 saturated carbocycles. The number of carbonyl (C=O) groups excluding carboxylic acids is 1. The molecule has 1 aromatic carbocycles. The van der Waals surface area contributed by atoms with E-state index in [9.17, 15) is 4.79 Å². The number of unbranched alkanes of at least 4 members (excludes halogenated alkanes) is 1. The quantitative estimate of drug-likeness (QED) is 0.778. The highest BCUT2D eigenvalue weighted by Gasteiger charge is 2.18. The minimum absolute atomic E-state index is 0.00904. The molecule has 0 aliphatic carbocycles. The zero-order chi connectivity index (χ0) is 16.7. The van der Waals surface area contributed by atoms with Crippen molar-refractivity contribution in [3.05, 3.63) is 30.3 Å². The fourth-order valence-corrected chi connectivity index (χ4v) is 2.51. The van der Waals surface area contributed by atoms with Crippen LogP contribution in [0.3, 0.4) is 0 Å². The van der Waals surface area contributed by atoms with Crippen LogP contribution in [0.5, 0.6) is 5.75 Å². The second-order valence-electron chi connectivity index (χ2n) is 5.51. The Bertz CT molecular complexity index is 637. The summed E-state index contributed by atoms with van der Waals surface area (Å²) in [5.74, 6) is 1.08. The molecule has 1 amide bonds. The lowest BCUT2D eigenvalue weighted by Crippen LogP contribution is -2.22. The van der Waals surface area contributed by atoms with Gasteiger partial charge in [0.25, 0.3) is 0 Å². The van der Waals surface area contributed by atoms with Crippen LogP contribution in [-0.2, 0) is 4.79 Å². The van der Waals surface area contributed by atoms with Gasteiger partial charge in [-0.05, 0) is 25.0 Å². The number of hydrogen-bond donors (Lipinski definition) is 1. The third-order valence-corrected chi connectivity index (χ3v) is 3.91. The van der Waals surface area contributed by atoms with Gasteiger partial charge in [0.2, 0.25) is 11.8 Å². The largest absolute Gasteiger partial charge is 0.496 e. The van der Waals surface area contributed by atoms with E-state index in [1.165, 1.54) is 0 Å². The summed E-state index contributed by atoms with van der Waals surface area (Å²) in [5.41, 5.74) is 1.47. The van der Waals surface area contributed by atoms with Crippen LogP contribution in [0.4, 0.5) is 5.88 Å². The standard InChI is InChI=1S/C18H24N2O3/c1-4-6-9-13(5-2)18(21)19-17-12-15(20-23-17)14-10-7-8-11-16(14)22-3/h7-8,10-13H,4-6,9H2,1-3H3,(H,19,21). The predicted octanol–water partition coefficient (Wildman–Crippen LogP) is 4.51. The molecule has 0 saturated heterocycles. The van der Waals surface area contributed by atoms with Gasteiger partial charge in [0.15, 0.2) is 0 Å². The molecule has 0 fully saturated rings. The van der Waals surface area contributed by atoms with E-state index in [0.29, 0.717) is 17.3 Å². The molecule has 0 bridgehead atoms. The number of aromatic nitrogens is 1. The molecule has 0 radical (unpaired) electrons. The van der Waals surface area contributed by atoms with Crippen molar-refractivity contribution in [2.24, 2.45) is 5.92 Å². The van der Waals surface area contributed by atoms with E-state index in [1.54, 1.807) is 13.2 Å². The van der Waals surface area contributed by atoms with Crippen LogP contribution < -0.4 is 10.1 Å². The van der Waals surface area contributed by atoms with Crippen molar-refractivity contribution in [3.63, 3.8) is 0 Å². The van der Waals surface area contributed by atoms with Crippen molar-refractivity contribution in [2.75, 3.05) is 12.4 Å². The number of ether oxygens (including phenoxy) is 1. The smallest absolute Gasteiger partial charge is 0.231 e. The Morgan fingerprint density at radius 3 is 2.83 bits per heavy atom. The zero-order valence-electron chi connectivity index (χ0n) is 14.0. The van der Waals surface area contributed by atoms with Gasteiger partial charge >= 0.3 is 0 Å². The summed E-state index contributed by atoms with van der Waals surface area (Å²) in [6, 6.07) is 9.29. The van der Waals surface area contributed by atoms with E-state index < -0.39 is 0 Å². The van der Waals surface area contributed by atoms with Gasteiger partial charge in [0.05, 0.1) is 7.11 Å². The number of benzene rings is 1. The number of nitrogens with one attached hydrogen (secondary N) is 1. The second kappa shape index (κ2) is 8.36. The van der Waals surface area contributed by atoms with Gasteiger partial charge in [-0.1, -0.05) is 44.0 Å². The molecular formula is C18H24N2O3. The lowest BCUT2D eigenvalue weighted by Gasteiger charge is -2.12. The summed E-state index contributed by atoms with van der Waals surface area (Å²) in [7, 11) is 1.61.